The topological polar surface area (TPSA) is 98.2 Å². The smallest absolute Gasteiger partial charge is 0.259 e. The molecule has 0 fully saturated rings. The SMILES string of the molecule is COc1ccc(C(=O)NCC(=O)N/N=C/c2c(OCc3ccc(Cl)cc3)ccc3ccccc23)cc1OC. The fourth-order valence-electron chi connectivity index (χ4n) is 3.72. The molecule has 0 aromatic heterocycles. The summed E-state index contributed by atoms with van der Waals surface area (Å²) >= 11 is 5.97. The highest BCUT2D eigenvalue weighted by Crippen LogP contribution is 2.28. The second-order valence-electron chi connectivity index (χ2n) is 8.16. The van der Waals surface area contributed by atoms with Gasteiger partial charge >= 0.3 is 0 Å². The van der Waals surface area contributed by atoms with Crippen molar-refractivity contribution in [1.82, 2.24) is 10.7 Å². The van der Waals surface area contributed by atoms with E-state index in [0.29, 0.717) is 40.0 Å². The molecule has 0 spiro atoms. The highest BCUT2D eigenvalue weighted by Gasteiger charge is 2.12. The predicted molar refractivity (Wildman–Crippen MR) is 147 cm³/mol. The van der Waals surface area contributed by atoms with Crippen molar-refractivity contribution < 1.29 is 23.8 Å². The number of rotatable bonds is 10. The summed E-state index contributed by atoms with van der Waals surface area (Å²) in [6.45, 7) is 0.0743. The van der Waals surface area contributed by atoms with Gasteiger partial charge in [0.05, 0.1) is 27.0 Å². The number of amides is 2. The van der Waals surface area contributed by atoms with Crippen LogP contribution in [0.25, 0.3) is 10.8 Å². The van der Waals surface area contributed by atoms with Gasteiger partial charge in [-0.1, -0.05) is 54.1 Å². The molecule has 4 rings (SSSR count). The van der Waals surface area contributed by atoms with Gasteiger partial charge in [0.25, 0.3) is 11.8 Å². The molecule has 9 heteroatoms. The maximum atomic E-state index is 12.5. The van der Waals surface area contributed by atoms with E-state index in [-0.39, 0.29) is 6.54 Å². The number of carbonyl (C=O) groups is 2. The van der Waals surface area contributed by atoms with Crippen LogP contribution in [0.4, 0.5) is 0 Å². The Bertz CT molecular complexity index is 1470. The Morgan fingerprint density at radius 3 is 2.39 bits per heavy atom. The number of hydrogen-bond donors (Lipinski definition) is 2. The van der Waals surface area contributed by atoms with E-state index in [1.54, 1.807) is 12.1 Å². The minimum atomic E-state index is -0.487. The predicted octanol–water partition coefficient (Wildman–Crippen LogP) is 4.97. The first kappa shape index (κ1) is 26.5. The first-order valence-corrected chi connectivity index (χ1v) is 12.1. The van der Waals surface area contributed by atoms with Gasteiger partial charge in [-0.3, -0.25) is 9.59 Å². The van der Waals surface area contributed by atoms with Crippen molar-refractivity contribution in [1.29, 1.82) is 0 Å². The standard InChI is InChI=1S/C29H26ClN3O5/c1-36-26-14-10-21(15-27(26)37-2)29(35)31-17-28(34)33-32-16-24-23-6-4-3-5-20(23)9-13-25(24)38-18-19-7-11-22(30)12-8-19/h3-16H,17-18H2,1-2H3,(H,31,35)(H,33,34)/b32-16+. The maximum absolute atomic E-state index is 12.5. The molecule has 0 aliphatic carbocycles. The third kappa shape index (κ3) is 6.60. The van der Waals surface area contributed by atoms with E-state index in [1.165, 1.54) is 26.5 Å². The molecule has 0 radical (unpaired) electrons. The molecule has 194 valence electrons. The van der Waals surface area contributed by atoms with Crippen LogP contribution in [-0.2, 0) is 11.4 Å². The van der Waals surface area contributed by atoms with Crippen molar-refractivity contribution in [2.24, 2.45) is 5.10 Å². The van der Waals surface area contributed by atoms with Gasteiger partial charge in [-0.2, -0.15) is 5.10 Å². The number of benzene rings is 4. The van der Waals surface area contributed by atoms with Crippen LogP contribution >= 0.6 is 11.6 Å². The lowest BCUT2D eigenvalue weighted by atomic mass is 10.0. The molecule has 2 amide bonds. The maximum Gasteiger partial charge on any atom is 0.259 e. The van der Waals surface area contributed by atoms with Crippen molar-refractivity contribution in [2.75, 3.05) is 20.8 Å². The molecule has 2 N–H and O–H groups in total. The average molecular weight is 532 g/mol. The van der Waals surface area contributed by atoms with E-state index < -0.39 is 11.8 Å². The van der Waals surface area contributed by atoms with Crippen LogP contribution in [0.2, 0.25) is 5.02 Å². The van der Waals surface area contributed by atoms with Crippen LogP contribution in [0.3, 0.4) is 0 Å². The van der Waals surface area contributed by atoms with Gasteiger partial charge in [-0.05, 0) is 52.7 Å². The highest BCUT2D eigenvalue weighted by molar-refractivity contribution is 6.30. The number of carbonyl (C=O) groups excluding carboxylic acids is 2. The Kier molecular flexibility index (Phi) is 8.79. The van der Waals surface area contributed by atoms with Gasteiger partial charge < -0.3 is 19.5 Å². The number of ether oxygens (including phenoxy) is 3. The molecule has 0 saturated heterocycles. The Balaban J connectivity index is 1.41. The molecule has 0 saturated carbocycles. The molecule has 0 unspecified atom stereocenters. The van der Waals surface area contributed by atoms with Gasteiger partial charge in [-0.15, -0.1) is 0 Å². The van der Waals surface area contributed by atoms with Crippen LogP contribution in [0.5, 0.6) is 17.2 Å². The second kappa shape index (κ2) is 12.6. The third-order valence-electron chi connectivity index (χ3n) is 5.68. The number of nitrogens with one attached hydrogen (secondary N) is 2. The molecule has 4 aromatic carbocycles. The lowest BCUT2D eigenvalue weighted by molar-refractivity contribution is -0.120. The minimum Gasteiger partial charge on any atom is -0.493 e. The Morgan fingerprint density at radius 2 is 1.63 bits per heavy atom. The highest BCUT2D eigenvalue weighted by atomic mass is 35.5. The van der Waals surface area contributed by atoms with E-state index in [0.717, 1.165) is 16.3 Å². The normalized spacial score (nSPS) is 10.8. The first-order chi connectivity index (χ1) is 18.5. The number of fused-ring (bicyclic) bond motifs is 1. The van der Waals surface area contributed by atoms with E-state index in [4.69, 9.17) is 25.8 Å². The van der Waals surface area contributed by atoms with Gasteiger partial charge in [0.15, 0.2) is 11.5 Å². The fourth-order valence-corrected chi connectivity index (χ4v) is 3.85. The van der Waals surface area contributed by atoms with E-state index in [2.05, 4.69) is 15.8 Å². The summed E-state index contributed by atoms with van der Waals surface area (Å²) in [7, 11) is 2.99. The van der Waals surface area contributed by atoms with Crippen LogP contribution in [0.15, 0.2) is 84.0 Å². The largest absolute Gasteiger partial charge is 0.493 e. The summed E-state index contributed by atoms with van der Waals surface area (Å²) in [4.78, 5) is 24.8. The summed E-state index contributed by atoms with van der Waals surface area (Å²) in [5, 5.41) is 9.25. The summed E-state index contributed by atoms with van der Waals surface area (Å²) < 4.78 is 16.5. The van der Waals surface area contributed by atoms with E-state index in [1.807, 2.05) is 60.7 Å². The number of methoxy groups -OCH3 is 2. The van der Waals surface area contributed by atoms with Gasteiger partial charge in [-0.25, -0.2) is 5.43 Å². The van der Waals surface area contributed by atoms with Crippen LogP contribution < -0.4 is 25.0 Å². The first-order valence-electron chi connectivity index (χ1n) is 11.7. The van der Waals surface area contributed by atoms with Crippen molar-refractivity contribution in [3.8, 4) is 17.2 Å². The molecule has 0 atom stereocenters. The zero-order valence-corrected chi connectivity index (χ0v) is 21.6. The van der Waals surface area contributed by atoms with Crippen LogP contribution in [-0.4, -0.2) is 38.8 Å². The van der Waals surface area contributed by atoms with Gasteiger partial charge in [0.2, 0.25) is 0 Å². The zero-order chi connectivity index (χ0) is 26.9. The molecular formula is C29H26ClN3O5. The average Bonchev–Trinajstić information content (AvgIpc) is 2.95. The van der Waals surface area contributed by atoms with Crippen molar-refractivity contribution in [3.05, 3.63) is 101 Å². The van der Waals surface area contributed by atoms with E-state index >= 15 is 0 Å². The minimum absolute atomic E-state index is 0.264. The summed E-state index contributed by atoms with van der Waals surface area (Å²) in [6.07, 6.45) is 1.54. The number of hydrazone groups is 1. The third-order valence-corrected chi connectivity index (χ3v) is 5.93. The van der Waals surface area contributed by atoms with Gasteiger partial charge in [0.1, 0.15) is 12.4 Å². The molecular weight excluding hydrogens is 506 g/mol. The van der Waals surface area contributed by atoms with Crippen molar-refractivity contribution in [3.63, 3.8) is 0 Å². The lowest BCUT2D eigenvalue weighted by Gasteiger charge is -2.12. The van der Waals surface area contributed by atoms with Crippen molar-refractivity contribution >= 4 is 40.4 Å². The van der Waals surface area contributed by atoms with Gasteiger partial charge in [0, 0.05) is 16.1 Å². The zero-order valence-electron chi connectivity index (χ0n) is 20.9. The van der Waals surface area contributed by atoms with Crippen molar-refractivity contribution in [2.45, 2.75) is 6.61 Å². The lowest BCUT2D eigenvalue weighted by Crippen LogP contribution is -2.34. The van der Waals surface area contributed by atoms with E-state index in [9.17, 15) is 9.59 Å². The summed E-state index contributed by atoms with van der Waals surface area (Å²) in [5.41, 5.74) is 4.46. The Labute approximate surface area is 225 Å². The summed E-state index contributed by atoms with van der Waals surface area (Å²) in [6, 6.07) is 23.8. The quantitative estimate of drug-likeness (QED) is 0.222. The number of nitrogens with zero attached hydrogens (tertiary/aromatic N) is 1. The molecule has 0 aliphatic heterocycles. The number of halogens is 1. The number of hydrogen-bond acceptors (Lipinski definition) is 6. The molecule has 0 aliphatic rings. The molecule has 38 heavy (non-hydrogen) atoms. The monoisotopic (exact) mass is 531 g/mol. The van der Waals surface area contributed by atoms with Crippen LogP contribution in [0.1, 0.15) is 21.5 Å². The fraction of sp³-hybridized carbons (Fsp3) is 0.138. The molecule has 0 bridgehead atoms. The van der Waals surface area contributed by atoms with Crippen LogP contribution in [0, 0.1) is 0 Å². The molecule has 4 aromatic rings. The Hall–Kier alpha value is -4.56. The second-order valence-corrected chi connectivity index (χ2v) is 8.60. The summed E-state index contributed by atoms with van der Waals surface area (Å²) in [5.74, 6) is 0.605. The molecule has 8 nitrogen and oxygen atoms in total. The molecule has 0 heterocycles. The Morgan fingerprint density at radius 1 is 0.895 bits per heavy atom.